The number of hydrogen-bond acceptors (Lipinski definition) is 4. The Morgan fingerprint density at radius 1 is 1.12 bits per heavy atom. The van der Waals surface area contributed by atoms with Crippen LogP contribution in [0.5, 0.6) is 0 Å². The summed E-state index contributed by atoms with van der Waals surface area (Å²) in [7, 11) is 0. The molecule has 2 aliphatic rings. The van der Waals surface area contributed by atoms with Crippen molar-refractivity contribution in [3.05, 3.63) is 69.8 Å². The summed E-state index contributed by atoms with van der Waals surface area (Å²) in [6, 6.07) is 15.2. The number of nitrogens with one attached hydrogen (secondary N) is 1. The molecule has 1 amide bonds. The van der Waals surface area contributed by atoms with Crippen LogP contribution in [0, 0.1) is 10.1 Å². The molecule has 1 N–H and O–H groups in total. The lowest BCUT2D eigenvalue weighted by Crippen LogP contribution is -2.32. The number of nitro benzene ring substituents is 1. The molecule has 2 aliphatic carbocycles. The Morgan fingerprint density at radius 3 is 2.46 bits per heavy atom. The van der Waals surface area contributed by atoms with Crippen molar-refractivity contribution in [3.8, 4) is 0 Å². The number of rotatable bonds is 7. The molecule has 0 unspecified atom stereocenters. The maximum Gasteiger partial charge on any atom is 0.293 e. The molecule has 2 aromatic carbocycles. The molecule has 26 heavy (non-hydrogen) atoms. The summed E-state index contributed by atoms with van der Waals surface area (Å²) in [5.74, 6) is -0.141. The van der Waals surface area contributed by atoms with Gasteiger partial charge in [-0.1, -0.05) is 30.3 Å². The van der Waals surface area contributed by atoms with Crippen LogP contribution in [0.2, 0.25) is 0 Å². The number of amides is 1. The predicted octanol–water partition coefficient (Wildman–Crippen LogP) is 3.97. The van der Waals surface area contributed by atoms with E-state index in [9.17, 15) is 14.9 Å². The maximum absolute atomic E-state index is 13.0. The molecule has 0 aromatic heterocycles. The molecule has 4 rings (SSSR count). The molecule has 0 bridgehead atoms. The van der Waals surface area contributed by atoms with Gasteiger partial charge in [-0.15, -0.1) is 0 Å². The Kier molecular flexibility index (Phi) is 4.32. The van der Waals surface area contributed by atoms with Crippen molar-refractivity contribution in [2.45, 2.75) is 44.3 Å². The van der Waals surface area contributed by atoms with E-state index in [4.69, 9.17) is 0 Å². The molecule has 0 radical (unpaired) electrons. The van der Waals surface area contributed by atoms with Gasteiger partial charge in [0, 0.05) is 30.3 Å². The third kappa shape index (κ3) is 3.69. The Hall–Kier alpha value is -2.89. The molecule has 0 spiro atoms. The Morgan fingerprint density at radius 2 is 1.85 bits per heavy atom. The highest BCUT2D eigenvalue weighted by Gasteiger charge is 2.34. The smallest absolute Gasteiger partial charge is 0.293 e. The summed E-state index contributed by atoms with van der Waals surface area (Å²) in [4.78, 5) is 25.9. The Balaban J connectivity index is 1.59. The number of hydrogen-bond donors (Lipinski definition) is 1. The second-order valence-corrected chi connectivity index (χ2v) is 7.06. The summed E-state index contributed by atoms with van der Waals surface area (Å²) >= 11 is 0. The zero-order valence-electron chi connectivity index (χ0n) is 14.4. The Bertz CT molecular complexity index is 829. The van der Waals surface area contributed by atoms with E-state index in [0.717, 1.165) is 31.2 Å². The third-order valence-electron chi connectivity index (χ3n) is 4.82. The van der Waals surface area contributed by atoms with Crippen molar-refractivity contribution in [3.63, 3.8) is 0 Å². The van der Waals surface area contributed by atoms with Gasteiger partial charge in [0.25, 0.3) is 11.6 Å². The van der Waals surface area contributed by atoms with Gasteiger partial charge in [0.15, 0.2) is 0 Å². The molecule has 0 aliphatic heterocycles. The topological polar surface area (TPSA) is 75.5 Å². The highest BCUT2D eigenvalue weighted by molar-refractivity contribution is 5.96. The van der Waals surface area contributed by atoms with Gasteiger partial charge in [0.1, 0.15) is 5.69 Å². The van der Waals surface area contributed by atoms with Crippen molar-refractivity contribution in [2.24, 2.45) is 0 Å². The minimum Gasteiger partial charge on any atom is -0.377 e. The lowest BCUT2D eigenvalue weighted by atomic mass is 10.1. The average Bonchev–Trinajstić information content (AvgIpc) is 3.54. The van der Waals surface area contributed by atoms with Crippen LogP contribution in [-0.2, 0) is 6.54 Å². The van der Waals surface area contributed by atoms with Crippen molar-refractivity contribution in [1.29, 1.82) is 0 Å². The molecule has 0 heterocycles. The van der Waals surface area contributed by atoms with Crippen LogP contribution in [-0.4, -0.2) is 27.8 Å². The molecular weight excluding hydrogens is 330 g/mol. The number of nitro groups is 1. The monoisotopic (exact) mass is 351 g/mol. The summed E-state index contributed by atoms with van der Waals surface area (Å²) < 4.78 is 0. The van der Waals surface area contributed by atoms with Crippen LogP contribution < -0.4 is 5.32 Å². The second-order valence-electron chi connectivity index (χ2n) is 7.06. The zero-order chi connectivity index (χ0) is 18.1. The van der Waals surface area contributed by atoms with E-state index in [1.54, 1.807) is 12.1 Å². The number of carbonyl (C=O) groups excluding carboxylic acids is 1. The van der Waals surface area contributed by atoms with Crippen molar-refractivity contribution < 1.29 is 9.72 Å². The summed E-state index contributed by atoms with van der Waals surface area (Å²) in [5, 5.41) is 14.6. The number of nitrogens with zero attached hydrogens (tertiary/aromatic N) is 2. The van der Waals surface area contributed by atoms with Gasteiger partial charge in [0.05, 0.1) is 4.92 Å². The zero-order valence-corrected chi connectivity index (χ0v) is 14.4. The molecular formula is C20H21N3O3. The van der Waals surface area contributed by atoms with Gasteiger partial charge in [-0.2, -0.15) is 0 Å². The number of benzene rings is 2. The fourth-order valence-electron chi connectivity index (χ4n) is 3.08. The number of carbonyl (C=O) groups is 1. The first kappa shape index (κ1) is 16.6. The van der Waals surface area contributed by atoms with Crippen molar-refractivity contribution in [1.82, 2.24) is 4.90 Å². The lowest BCUT2D eigenvalue weighted by Gasteiger charge is -2.23. The Labute approximate surface area is 152 Å². The minimum atomic E-state index is -0.417. The van der Waals surface area contributed by atoms with Gasteiger partial charge in [-0.3, -0.25) is 14.9 Å². The van der Waals surface area contributed by atoms with E-state index in [-0.39, 0.29) is 17.6 Å². The fraction of sp³-hybridized carbons (Fsp3) is 0.350. The molecule has 2 fully saturated rings. The highest BCUT2D eigenvalue weighted by Crippen LogP contribution is 2.34. The SMILES string of the molecule is O=C(c1ccc(NC2CC2)c([N+](=O)[O-])c1)N(Cc1ccccc1)C1CC1. The normalized spacial score (nSPS) is 16.2. The summed E-state index contributed by atoms with van der Waals surface area (Å²) in [5.41, 5.74) is 1.91. The van der Waals surface area contributed by atoms with E-state index in [0.29, 0.717) is 23.8 Å². The van der Waals surface area contributed by atoms with Gasteiger partial charge >= 0.3 is 0 Å². The molecule has 2 saturated carbocycles. The predicted molar refractivity (Wildman–Crippen MR) is 99.1 cm³/mol. The highest BCUT2D eigenvalue weighted by atomic mass is 16.6. The van der Waals surface area contributed by atoms with Crippen LogP contribution in [0.3, 0.4) is 0 Å². The van der Waals surface area contributed by atoms with Gasteiger partial charge in [-0.25, -0.2) is 0 Å². The van der Waals surface area contributed by atoms with Gasteiger partial charge in [0.2, 0.25) is 0 Å². The van der Waals surface area contributed by atoms with E-state index >= 15 is 0 Å². The van der Waals surface area contributed by atoms with Crippen molar-refractivity contribution >= 4 is 17.3 Å². The van der Waals surface area contributed by atoms with Crippen LogP contribution in [0.4, 0.5) is 11.4 Å². The maximum atomic E-state index is 13.0. The molecule has 2 aromatic rings. The number of anilines is 1. The van der Waals surface area contributed by atoms with Crippen LogP contribution in [0.15, 0.2) is 48.5 Å². The first-order valence-corrected chi connectivity index (χ1v) is 9.01. The molecule has 6 nitrogen and oxygen atoms in total. The summed E-state index contributed by atoms with van der Waals surface area (Å²) in [6.07, 6.45) is 4.04. The van der Waals surface area contributed by atoms with E-state index in [2.05, 4.69) is 5.32 Å². The van der Waals surface area contributed by atoms with Gasteiger partial charge in [-0.05, 0) is 43.4 Å². The third-order valence-corrected chi connectivity index (χ3v) is 4.82. The van der Waals surface area contributed by atoms with E-state index in [1.165, 1.54) is 6.07 Å². The second kappa shape index (κ2) is 6.78. The van der Waals surface area contributed by atoms with Crippen molar-refractivity contribution in [2.75, 3.05) is 5.32 Å². The standard InChI is InChI=1S/C20H21N3O3/c24-20(22(17-9-10-17)13-14-4-2-1-3-5-14)15-6-11-18(21-16-7-8-16)19(12-15)23(25)26/h1-6,11-12,16-17,21H,7-10,13H2. The minimum absolute atomic E-state index is 0.0294. The van der Waals surface area contributed by atoms with Crippen LogP contribution >= 0.6 is 0 Å². The molecule has 0 atom stereocenters. The molecule has 134 valence electrons. The average molecular weight is 351 g/mol. The fourth-order valence-corrected chi connectivity index (χ4v) is 3.08. The quantitative estimate of drug-likeness (QED) is 0.605. The van der Waals surface area contributed by atoms with Crippen LogP contribution in [0.25, 0.3) is 0 Å². The van der Waals surface area contributed by atoms with Gasteiger partial charge < -0.3 is 10.2 Å². The van der Waals surface area contributed by atoms with Crippen LogP contribution in [0.1, 0.15) is 41.6 Å². The van der Waals surface area contributed by atoms with E-state index in [1.807, 2.05) is 35.2 Å². The summed E-state index contributed by atoms with van der Waals surface area (Å²) in [6.45, 7) is 0.528. The molecule has 6 heteroatoms. The largest absolute Gasteiger partial charge is 0.377 e. The van der Waals surface area contributed by atoms with E-state index < -0.39 is 4.92 Å². The molecule has 0 saturated heterocycles. The first-order chi connectivity index (χ1) is 12.6. The first-order valence-electron chi connectivity index (χ1n) is 9.01. The lowest BCUT2D eigenvalue weighted by molar-refractivity contribution is -0.384.